The van der Waals surface area contributed by atoms with Gasteiger partial charge in [-0.05, 0) is 61.4 Å². The van der Waals surface area contributed by atoms with Gasteiger partial charge in [-0.15, -0.1) is 0 Å². The first-order valence-electron chi connectivity index (χ1n) is 9.10. The third-order valence-corrected chi connectivity index (χ3v) is 5.88. The molecular weight excluding hydrogens is 485 g/mol. The SMILES string of the molecule is CS(=O)(=O)OCCCc1c(C(=O)O)cc(-c2ccc(Cl)cc2Cl)n1-c1ccc(Cl)cc1. The molecule has 0 aliphatic heterocycles. The Bertz CT molecular complexity index is 1220. The molecule has 1 heterocycles. The zero-order valence-electron chi connectivity index (χ0n) is 16.3. The fourth-order valence-electron chi connectivity index (χ4n) is 3.21. The fourth-order valence-corrected chi connectivity index (χ4v) is 4.26. The molecule has 2 aromatic carbocycles. The highest BCUT2D eigenvalue weighted by Gasteiger charge is 2.23. The van der Waals surface area contributed by atoms with Gasteiger partial charge in [0.1, 0.15) is 0 Å². The van der Waals surface area contributed by atoms with E-state index in [1.165, 1.54) is 0 Å². The van der Waals surface area contributed by atoms with Crippen molar-refractivity contribution in [3.63, 3.8) is 0 Å². The van der Waals surface area contributed by atoms with Crippen LogP contribution in [-0.2, 0) is 20.7 Å². The quantitative estimate of drug-likeness (QED) is 0.315. The van der Waals surface area contributed by atoms with Gasteiger partial charge in [0.25, 0.3) is 10.1 Å². The molecule has 0 saturated heterocycles. The molecule has 0 fully saturated rings. The molecule has 1 aromatic heterocycles. The van der Waals surface area contributed by atoms with Crippen molar-refractivity contribution in [2.24, 2.45) is 0 Å². The Morgan fingerprint density at radius 3 is 2.26 bits per heavy atom. The zero-order valence-corrected chi connectivity index (χ0v) is 19.4. The van der Waals surface area contributed by atoms with Crippen LogP contribution in [0.15, 0.2) is 48.5 Å². The summed E-state index contributed by atoms with van der Waals surface area (Å²) >= 11 is 18.5. The van der Waals surface area contributed by atoms with Crippen LogP contribution in [0.5, 0.6) is 0 Å². The number of aromatic nitrogens is 1. The predicted molar refractivity (Wildman–Crippen MR) is 122 cm³/mol. The first-order chi connectivity index (χ1) is 14.6. The minimum atomic E-state index is -3.59. The van der Waals surface area contributed by atoms with Gasteiger partial charge in [-0.3, -0.25) is 4.18 Å². The molecule has 1 N–H and O–H groups in total. The van der Waals surface area contributed by atoms with Crippen LogP contribution >= 0.6 is 34.8 Å². The third-order valence-electron chi connectivity index (χ3n) is 4.48. The topological polar surface area (TPSA) is 85.6 Å². The fraction of sp³-hybridized carbons (Fsp3) is 0.190. The number of aromatic carboxylic acids is 1. The molecule has 0 radical (unpaired) electrons. The van der Waals surface area contributed by atoms with Crippen molar-refractivity contribution < 1.29 is 22.5 Å². The van der Waals surface area contributed by atoms with Crippen LogP contribution in [0.2, 0.25) is 15.1 Å². The van der Waals surface area contributed by atoms with Crippen LogP contribution in [0.1, 0.15) is 22.5 Å². The molecule has 0 unspecified atom stereocenters. The van der Waals surface area contributed by atoms with Gasteiger partial charge in [-0.2, -0.15) is 8.42 Å². The van der Waals surface area contributed by atoms with Crippen LogP contribution in [0.25, 0.3) is 16.9 Å². The average Bonchev–Trinajstić information content (AvgIpc) is 3.04. The number of carbonyl (C=O) groups is 1. The van der Waals surface area contributed by atoms with Crippen LogP contribution < -0.4 is 0 Å². The van der Waals surface area contributed by atoms with E-state index < -0.39 is 16.1 Å². The summed E-state index contributed by atoms with van der Waals surface area (Å²) in [6.45, 7) is -0.0687. The summed E-state index contributed by atoms with van der Waals surface area (Å²) < 4.78 is 29.0. The minimum absolute atomic E-state index is 0.0687. The standard InChI is InChI=1S/C21H18Cl3NO5S/c1-31(28,29)30-10-2-3-19-17(21(26)27)12-20(16-9-6-14(23)11-18(16)24)25(19)15-7-4-13(22)5-8-15/h4-9,11-12H,2-3,10H2,1H3,(H,26,27). The van der Waals surface area contributed by atoms with Crippen molar-refractivity contribution >= 4 is 50.9 Å². The number of benzene rings is 2. The second-order valence-corrected chi connectivity index (χ2v) is 9.68. The molecular formula is C21H18Cl3NO5S. The van der Waals surface area contributed by atoms with Crippen molar-refractivity contribution in [1.29, 1.82) is 0 Å². The molecule has 0 aliphatic carbocycles. The number of hydrogen-bond donors (Lipinski definition) is 1. The van der Waals surface area contributed by atoms with E-state index in [-0.39, 0.29) is 18.6 Å². The van der Waals surface area contributed by atoms with Gasteiger partial charge in [0.2, 0.25) is 0 Å². The molecule has 3 rings (SSSR count). The molecule has 6 nitrogen and oxygen atoms in total. The summed E-state index contributed by atoms with van der Waals surface area (Å²) in [4.78, 5) is 12.0. The molecule has 0 atom stereocenters. The maximum atomic E-state index is 12.0. The molecule has 10 heteroatoms. The van der Waals surface area contributed by atoms with Crippen LogP contribution in [0.4, 0.5) is 0 Å². The third kappa shape index (κ3) is 5.81. The highest BCUT2D eigenvalue weighted by Crippen LogP contribution is 2.36. The van der Waals surface area contributed by atoms with Gasteiger partial charge in [0.15, 0.2) is 0 Å². The van der Waals surface area contributed by atoms with E-state index in [1.54, 1.807) is 53.1 Å². The van der Waals surface area contributed by atoms with E-state index in [4.69, 9.17) is 39.0 Å². The minimum Gasteiger partial charge on any atom is -0.478 e. The van der Waals surface area contributed by atoms with Crippen molar-refractivity contribution in [2.75, 3.05) is 12.9 Å². The number of hydrogen-bond acceptors (Lipinski definition) is 4. The van der Waals surface area contributed by atoms with E-state index in [0.29, 0.717) is 44.1 Å². The van der Waals surface area contributed by atoms with Crippen molar-refractivity contribution in [3.8, 4) is 16.9 Å². The van der Waals surface area contributed by atoms with E-state index in [2.05, 4.69) is 0 Å². The van der Waals surface area contributed by atoms with E-state index in [0.717, 1.165) is 6.26 Å². The van der Waals surface area contributed by atoms with Crippen molar-refractivity contribution in [3.05, 3.63) is 74.9 Å². The number of carboxylic acids is 1. The van der Waals surface area contributed by atoms with Crippen molar-refractivity contribution in [1.82, 2.24) is 4.57 Å². The van der Waals surface area contributed by atoms with Gasteiger partial charge in [-0.25, -0.2) is 4.79 Å². The summed E-state index contributed by atoms with van der Waals surface area (Å²) in [7, 11) is -3.59. The Morgan fingerprint density at radius 1 is 1.03 bits per heavy atom. The van der Waals surface area contributed by atoms with Crippen LogP contribution in [0, 0.1) is 0 Å². The summed E-state index contributed by atoms with van der Waals surface area (Å²) in [6.07, 6.45) is 1.51. The molecule has 0 aliphatic rings. The monoisotopic (exact) mass is 501 g/mol. The lowest BCUT2D eigenvalue weighted by molar-refractivity contribution is 0.0695. The number of carboxylic acid groups (broad SMARTS) is 1. The molecule has 0 saturated carbocycles. The zero-order chi connectivity index (χ0) is 22.8. The lowest BCUT2D eigenvalue weighted by Gasteiger charge is -2.15. The highest BCUT2D eigenvalue weighted by atomic mass is 35.5. The van der Waals surface area contributed by atoms with Crippen molar-refractivity contribution in [2.45, 2.75) is 12.8 Å². The number of nitrogens with zero attached hydrogens (tertiary/aromatic N) is 1. The van der Waals surface area contributed by atoms with E-state index >= 15 is 0 Å². The highest BCUT2D eigenvalue weighted by molar-refractivity contribution is 7.85. The Kier molecular flexibility index (Phi) is 7.34. The molecule has 164 valence electrons. The summed E-state index contributed by atoms with van der Waals surface area (Å²) in [5, 5.41) is 11.2. The summed E-state index contributed by atoms with van der Waals surface area (Å²) in [5.41, 5.74) is 2.39. The molecule has 0 spiro atoms. The van der Waals surface area contributed by atoms with E-state index in [9.17, 15) is 18.3 Å². The first kappa shape index (κ1) is 23.6. The summed E-state index contributed by atoms with van der Waals surface area (Å²) in [6, 6.07) is 13.4. The van der Waals surface area contributed by atoms with Crippen LogP contribution in [0.3, 0.4) is 0 Å². The Hall–Kier alpha value is -2.03. The molecule has 3 aromatic rings. The Morgan fingerprint density at radius 2 is 1.68 bits per heavy atom. The first-order valence-corrected chi connectivity index (χ1v) is 12.1. The van der Waals surface area contributed by atoms with Gasteiger partial charge in [0, 0.05) is 27.0 Å². The maximum Gasteiger partial charge on any atom is 0.337 e. The van der Waals surface area contributed by atoms with Crippen LogP contribution in [-0.4, -0.2) is 36.9 Å². The maximum absolute atomic E-state index is 12.0. The summed E-state index contributed by atoms with van der Waals surface area (Å²) in [5.74, 6) is -1.11. The second-order valence-electron chi connectivity index (χ2n) is 6.76. The average molecular weight is 503 g/mol. The van der Waals surface area contributed by atoms with E-state index in [1.807, 2.05) is 0 Å². The normalized spacial score (nSPS) is 11.6. The predicted octanol–water partition coefficient (Wildman–Crippen LogP) is 5.71. The van der Waals surface area contributed by atoms with Gasteiger partial charge < -0.3 is 9.67 Å². The Labute approximate surface area is 195 Å². The lowest BCUT2D eigenvalue weighted by Crippen LogP contribution is -2.10. The van der Waals surface area contributed by atoms with Gasteiger partial charge >= 0.3 is 5.97 Å². The molecule has 31 heavy (non-hydrogen) atoms. The largest absolute Gasteiger partial charge is 0.478 e. The Balaban J connectivity index is 2.16. The lowest BCUT2D eigenvalue weighted by atomic mass is 10.1. The second kappa shape index (κ2) is 9.63. The van der Waals surface area contributed by atoms with Gasteiger partial charge in [-0.1, -0.05) is 34.8 Å². The molecule has 0 bridgehead atoms. The smallest absolute Gasteiger partial charge is 0.337 e. The number of halogens is 3. The number of rotatable bonds is 8. The van der Waals surface area contributed by atoms with Gasteiger partial charge in [0.05, 0.1) is 29.1 Å². The molecule has 0 amide bonds.